The highest BCUT2D eigenvalue weighted by Crippen LogP contribution is 2.37. The van der Waals surface area contributed by atoms with Gasteiger partial charge in [0.15, 0.2) is 0 Å². The molecule has 31 heavy (non-hydrogen) atoms. The first kappa shape index (κ1) is 22.5. The number of nitrogens with zero attached hydrogens (tertiary/aromatic N) is 3. The van der Waals surface area contributed by atoms with Crippen molar-refractivity contribution in [1.82, 2.24) is 4.90 Å². The monoisotopic (exact) mass is 430 g/mol. The molecule has 2 aliphatic heterocycles. The maximum absolute atomic E-state index is 14.0. The van der Waals surface area contributed by atoms with Crippen LogP contribution in [0.15, 0.2) is 34.6 Å². The van der Waals surface area contributed by atoms with Gasteiger partial charge in [0.1, 0.15) is 5.84 Å². The van der Waals surface area contributed by atoms with Crippen molar-refractivity contribution in [3.05, 3.63) is 46.3 Å². The highest BCUT2D eigenvalue weighted by atomic mass is 19.3. The van der Waals surface area contributed by atoms with Gasteiger partial charge in [0.2, 0.25) is 5.91 Å². The highest BCUT2D eigenvalue weighted by Gasteiger charge is 2.30. The van der Waals surface area contributed by atoms with E-state index < -0.39 is 6.43 Å². The summed E-state index contributed by atoms with van der Waals surface area (Å²) in [6.45, 7) is 2.76. The van der Waals surface area contributed by atoms with Crippen molar-refractivity contribution in [2.45, 2.75) is 32.6 Å². The minimum atomic E-state index is -2.72. The highest BCUT2D eigenvalue weighted by molar-refractivity contribution is 6.12. The number of allylic oxidation sites excluding steroid dienone is 1. The molecule has 0 spiro atoms. The van der Waals surface area contributed by atoms with Gasteiger partial charge in [-0.2, -0.15) is 0 Å². The number of rotatable bonds is 4. The summed E-state index contributed by atoms with van der Waals surface area (Å²) in [7, 11) is 1.56. The van der Waals surface area contributed by atoms with Crippen LogP contribution in [0.5, 0.6) is 0 Å². The van der Waals surface area contributed by atoms with E-state index in [2.05, 4.69) is 4.99 Å². The van der Waals surface area contributed by atoms with Crippen molar-refractivity contribution < 1.29 is 13.6 Å². The molecule has 3 rings (SSSR count). The summed E-state index contributed by atoms with van der Waals surface area (Å²) in [5.74, 6) is 0.0715. The number of fused-ring (bicyclic) bond motifs is 1. The van der Waals surface area contributed by atoms with Crippen LogP contribution in [0.4, 0.5) is 14.5 Å². The second-order valence-electron chi connectivity index (χ2n) is 7.68. The Morgan fingerprint density at radius 2 is 2.03 bits per heavy atom. The largest absolute Gasteiger partial charge is 0.404 e. The van der Waals surface area contributed by atoms with Gasteiger partial charge in [0.05, 0.1) is 6.54 Å². The quantitative estimate of drug-likeness (QED) is 0.504. The lowest BCUT2D eigenvalue weighted by Gasteiger charge is -2.36. The smallest absolute Gasteiger partial charge is 0.264 e. The maximum atomic E-state index is 14.0. The molecule has 0 unspecified atom stereocenters. The maximum Gasteiger partial charge on any atom is 0.264 e. The molecular formula is C22H28F2N6O. The Hall–Kier alpha value is -3.23. The number of amides is 1. The van der Waals surface area contributed by atoms with E-state index in [4.69, 9.17) is 16.9 Å². The van der Waals surface area contributed by atoms with Gasteiger partial charge in [-0.1, -0.05) is 0 Å². The topological polar surface area (TPSA) is 112 Å². The first-order valence-electron chi connectivity index (χ1n) is 10.2. The van der Waals surface area contributed by atoms with E-state index in [1.165, 1.54) is 25.4 Å². The molecule has 1 aromatic carbocycles. The minimum absolute atomic E-state index is 0.0832. The summed E-state index contributed by atoms with van der Waals surface area (Å²) in [5.41, 5.74) is 15.0. The molecule has 0 aromatic heterocycles. The molecule has 0 aliphatic carbocycles. The van der Waals surface area contributed by atoms with Gasteiger partial charge in [-0.3, -0.25) is 15.2 Å². The molecule has 2 aliphatic rings. The molecule has 0 radical (unpaired) electrons. The molecule has 0 atom stereocenters. The molecule has 1 aromatic rings. The van der Waals surface area contributed by atoms with Crippen molar-refractivity contribution >= 4 is 29.2 Å². The average molecular weight is 431 g/mol. The van der Waals surface area contributed by atoms with Gasteiger partial charge in [-0.25, -0.2) is 8.78 Å². The van der Waals surface area contributed by atoms with Crippen molar-refractivity contribution in [2.75, 3.05) is 31.6 Å². The summed E-state index contributed by atoms with van der Waals surface area (Å²) in [4.78, 5) is 19.1. The molecule has 9 heteroatoms. The summed E-state index contributed by atoms with van der Waals surface area (Å²) in [6, 6.07) is 3.16. The second-order valence-corrected chi connectivity index (χ2v) is 7.68. The number of aliphatic imine (C=N–C) groups is 1. The minimum Gasteiger partial charge on any atom is -0.404 e. The number of benzene rings is 1. The van der Waals surface area contributed by atoms with Crippen molar-refractivity contribution in [1.29, 1.82) is 5.41 Å². The number of carbonyl (C=O) groups is 1. The first-order valence-corrected chi connectivity index (χ1v) is 10.2. The number of hydrogen-bond donors (Lipinski definition) is 3. The first-order chi connectivity index (χ1) is 14.8. The predicted molar refractivity (Wildman–Crippen MR) is 119 cm³/mol. The van der Waals surface area contributed by atoms with Gasteiger partial charge in [0, 0.05) is 74.0 Å². The Morgan fingerprint density at radius 1 is 1.29 bits per heavy atom. The lowest BCUT2D eigenvalue weighted by Crippen LogP contribution is -2.44. The molecule has 5 N–H and O–H groups in total. The molecule has 0 bridgehead atoms. The van der Waals surface area contributed by atoms with Crippen LogP contribution in [-0.2, 0) is 11.2 Å². The van der Waals surface area contributed by atoms with E-state index in [1.807, 2.05) is 0 Å². The average Bonchev–Trinajstić information content (AvgIpc) is 2.75. The molecule has 0 fully saturated rings. The SMILES string of the molecule is CN=CC(=CN)c1cc2c(cc1C(F)F)N(C(=N)C1=C(N)CCN(C(C)=O)C1)CCC2. The Bertz CT molecular complexity index is 982. The summed E-state index contributed by atoms with van der Waals surface area (Å²) >= 11 is 0. The molecule has 2 heterocycles. The Kier molecular flexibility index (Phi) is 6.72. The number of nitrogens with two attached hydrogens (primary N) is 2. The fourth-order valence-corrected chi connectivity index (χ4v) is 4.09. The third-order valence-corrected chi connectivity index (χ3v) is 5.75. The van der Waals surface area contributed by atoms with Crippen molar-refractivity contribution in [3.8, 4) is 0 Å². The van der Waals surface area contributed by atoms with E-state index in [0.29, 0.717) is 54.0 Å². The molecule has 1 amide bonds. The molecule has 0 saturated heterocycles. The third kappa shape index (κ3) is 4.45. The lowest BCUT2D eigenvalue weighted by molar-refractivity contribution is -0.128. The van der Waals surface area contributed by atoms with Crippen molar-refractivity contribution in [2.24, 2.45) is 16.5 Å². The van der Waals surface area contributed by atoms with Crippen LogP contribution in [0.1, 0.15) is 42.9 Å². The zero-order valence-corrected chi connectivity index (χ0v) is 17.8. The van der Waals surface area contributed by atoms with Gasteiger partial charge in [0.25, 0.3) is 6.43 Å². The van der Waals surface area contributed by atoms with Crippen LogP contribution < -0.4 is 16.4 Å². The Balaban J connectivity index is 2.05. The zero-order valence-electron chi connectivity index (χ0n) is 17.8. The standard InChI is InChI=1S/C22H28F2N6O/c1-13(31)29-7-5-19(26)18(12-29)22(27)30-6-3-4-14-8-16(15(10-25)11-28-2)17(21(23)24)9-20(14)30/h8-11,21,27H,3-7,12,25-26H2,1-2H3. The third-order valence-electron chi connectivity index (χ3n) is 5.75. The van der Waals surface area contributed by atoms with Crippen LogP contribution in [-0.4, -0.2) is 49.5 Å². The molecular weight excluding hydrogens is 402 g/mol. The number of hydrogen-bond acceptors (Lipinski definition) is 5. The van der Waals surface area contributed by atoms with Crippen LogP contribution in [0.2, 0.25) is 0 Å². The van der Waals surface area contributed by atoms with E-state index in [0.717, 1.165) is 12.0 Å². The van der Waals surface area contributed by atoms with Gasteiger partial charge < -0.3 is 21.3 Å². The number of anilines is 1. The summed E-state index contributed by atoms with van der Waals surface area (Å²) < 4.78 is 27.9. The van der Waals surface area contributed by atoms with Crippen LogP contribution in [0, 0.1) is 5.41 Å². The van der Waals surface area contributed by atoms with Crippen LogP contribution >= 0.6 is 0 Å². The summed E-state index contributed by atoms with van der Waals surface area (Å²) in [6.07, 6.45) is 1.96. The molecule has 0 saturated carbocycles. The van der Waals surface area contributed by atoms with E-state index in [1.54, 1.807) is 22.9 Å². The molecule has 7 nitrogen and oxygen atoms in total. The number of amidine groups is 1. The second kappa shape index (κ2) is 9.28. The van der Waals surface area contributed by atoms with Gasteiger partial charge in [-0.05, 0) is 36.1 Å². The number of alkyl halides is 2. The Morgan fingerprint density at radius 3 is 2.65 bits per heavy atom. The van der Waals surface area contributed by atoms with Crippen LogP contribution in [0.3, 0.4) is 0 Å². The Labute approximate surface area is 180 Å². The normalized spacial score (nSPS) is 17.5. The van der Waals surface area contributed by atoms with Crippen molar-refractivity contribution in [3.63, 3.8) is 0 Å². The fraction of sp³-hybridized carbons (Fsp3) is 0.409. The molecule has 166 valence electrons. The number of carbonyl (C=O) groups excluding carboxylic acids is 1. The predicted octanol–water partition coefficient (Wildman–Crippen LogP) is 2.82. The number of aryl methyl sites for hydroxylation is 1. The zero-order chi connectivity index (χ0) is 22.7. The fourth-order valence-electron chi connectivity index (χ4n) is 4.09. The van der Waals surface area contributed by atoms with E-state index in [9.17, 15) is 13.6 Å². The van der Waals surface area contributed by atoms with Gasteiger partial charge in [-0.15, -0.1) is 0 Å². The van der Waals surface area contributed by atoms with Gasteiger partial charge >= 0.3 is 0 Å². The van der Waals surface area contributed by atoms with E-state index >= 15 is 0 Å². The summed E-state index contributed by atoms with van der Waals surface area (Å²) in [5, 5.41) is 8.80. The number of nitrogens with one attached hydrogen (secondary N) is 1. The van der Waals surface area contributed by atoms with Crippen LogP contribution in [0.25, 0.3) is 5.57 Å². The number of halogens is 2. The lowest BCUT2D eigenvalue weighted by atomic mass is 9.91. The van der Waals surface area contributed by atoms with E-state index in [-0.39, 0.29) is 23.9 Å².